The van der Waals surface area contributed by atoms with Crippen molar-refractivity contribution in [3.63, 3.8) is 0 Å². The summed E-state index contributed by atoms with van der Waals surface area (Å²) in [6.07, 6.45) is -1.47. The first-order valence-electron chi connectivity index (χ1n) is 9.77. The Morgan fingerprint density at radius 1 is 1.17 bits per heavy atom. The zero-order valence-corrected chi connectivity index (χ0v) is 16.7. The Hall–Kier alpha value is -3.04. The molecule has 2 heterocycles. The summed E-state index contributed by atoms with van der Waals surface area (Å²) in [7, 11) is 1.71. The molecule has 1 aromatic heterocycles. The summed E-state index contributed by atoms with van der Waals surface area (Å²) in [5.41, 5.74) is -0.968. The van der Waals surface area contributed by atoms with Crippen molar-refractivity contribution in [2.45, 2.75) is 25.1 Å². The highest BCUT2D eigenvalue weighted by Crippen LogP contribution is 2.27. The SMILES string of the molecule is CN=C(NCCNc1nccc(C(F)(F)F)n1)N1CCC(Oc2ccccc2)CC1. The Bertz CT molecular complexity index is 823. The summed E-state index contributed by atoms with van der Waals surface area (Å²) in [5.74, 6) is 1.57. The van der Waals surface area contributed by atoms with E-state index in [0.717, 1.165) is 49.9 Å². The van der Waals surface area contributed by atoms with Crippen LogP contribution in [0.15, 0.2) is 47.6 Å². The lowest BCUT2D eigenvalue weighted by Crippen LogP contribution is -2.48. The maximum atomic E-state index is 12.7. The van der Waals surface area contributed by atoms with Crippen molar-refractivity contribution in [1.29, 1.82) is 0 Å². The van der Waals surface area contributed by atoms with Gasteiger partial charge in [-0.2, -0.15) is 13.2 Å². The molecule has 0 aliphatic carbocycles. The molecule has 0 radical (unpaired) electrons. The number of hydrogen-bond donors (Lipinski definition) is 2. The number of aromatic nitrogens is 2. The highest BCUT2D eigenvalue weighted by atomic mass is 19.4. The van der Waals surface area contributed by atoms with Gasteiger partial charge in [0.15, 0.2) is 5.96 Å². The van der Waals surface area contributed by atoms with Gasteiger partial charge in [0, 0.05) is 52.3 Å². The standard InChI is InChI=1S/C20H25F3N6O/c1-24-19(27-12-11-26-18-25-10-7-17(28-18)20(21,22)23)29-13-8-16(9-14-29)30-15-5-3-2-4-6-15/h2-7,10,16H,8-9,11-14H2,1H3,(H,24,27)(H,25,26,28). The molecule has 2 N–H and O–H groups in total. The molecule has 2 aromatic rings. The fraction of sp³-hybridized carbons (Fsp3) is 0.450. The fourth-order valence-corrected chi connectivity index (χ4v) is 3.16. The van der Waals surface area contributed by atoms with E-state index >= 15 is 0 Å². The van der Waals surface area contributed by atoms with E-state index in [1.165, 1.54) is 0 Å². The van der Waals surface area contributed by atoms with E-state index in [1.807, 2.05) is 30.3 Å². The molecule has 1 aromatic carbocycles. The minimum atomic E-state index is -4.49. The van der Waals surface area contributed by atoms with Gasteiger partial charge in [-0.25, -0.2) is 9.97 Å². The lowest BCUT2D eigenvalue weighted by atomic mass is 10.1. The van der Waals surface area contributed by atoms with Crippen LogP contribution in [0.25, 0.3) is 0 Å². The van der Waals surface area contributed by atoms with Crippen molar-refractivity contribution in [2.75, 3.05) is 38.5 Å². The number of hydrogen-bond acceptors (Lipinski definition) is 5. The van der Waals surface area contributed by atoms with Gasteiger partial charge < -0.3 is 20.3 Å². The van der Waals surface area contributed by atoms with Crippen molar-refractivity contribution in [3.8, 4) is 5.75 Å². The van der Waals surface area contributed by atoms with Gasteiger partial charge in [0.05, 0.1) is 0 Å². The third-order valence-electron chi connectivity index (χ3n) is 4.64. The molecule has 1 fully saturated rings. The summed E-state index contributed by atoms with van der Waals surface area (Å²) in [6, 6.07) is 10.6. The number of piperidine rings is 1. The minimum Gasteiger partial charge on any atom is -0.490 e. The van der Waals surface area contributed by atoms with Crippen LogP contribution in [0.1, 0.15) is 18.5 Å². The largest absolute Gasteiger partial charge is 0.490 e. The van der Waals surface area contributed by atoms with Crippen LogP contribution in [-0.2, 0) is 6.18 Å². The summed E-state index contributed by atoms with van der Waals surface area (Å²) in [6.45, 7) is 2.43. The molecule has 3 rings (SSSR count). The fourth-order valence-electron chi connectivity index (χ4n) is 3.16. The van der Waals surface area contributed by atoms with E-state index in [-0.39, 0.29) is 12.1 Å². The van der Waals surface area contributed by atoms with Crippen molar-refractivity contribution in [3.05, 3.63) is 48.3 Å². The first-order valence-corrected chi connectivity index (χ1v) is 9.77. The van der Waals surface area contributed by atoms with Crippen LogP contribution in [0, 0.1) is 0 Å². The van der Waals surface area contributed by atoms with Crippen molar-refractivity contribution < 1.29 is 17.9 Å². The average Bonchev–Trinajstić information content (AvgIpc) is 2.75. The molecule has 0 spiro atoms. The molecule has 7 nitrogen and oxygen atoms in total. The third-order valence-corrected chi connectivity index (χ3v) is 4.64. The van der Waals surface area contributed by atoms with Gasteiger partial charge in [-0.05, 0) is 18.2 Å². The lowest BCUT2D eigenvalue weighted by molar-refractivity contribution is -0.141. The van der Waals surface area contributed by atoms with Gasteiger partial charge in [-0.15, -0.1) is 0 Å². The number of halogens is 3. The number of benzene rings is 1. The van der Waals surface area contributed by atoms with Gasteiger partial charge in [0.2, 0.25) is 5.95 Å². The average molecular weight is 422 g/mol. The van der Waals surface area contributed by atoms with Crippen LogP contribution in [0.5, 0.6) is 5.75 Å². The number of para-hydroxylation sites is 1. The molecule has 1 aliphatic rings. The van der Waals surface area contributed by atoms with Gasteiger partial charge in [0.1, 0.15) is 17.5 Å². The number of aliphatic imine (C=N–C) groups is 1. The Labute approximate surface area is 173 Å². The van der Waals surface area contributed by atoms with E-state index in [1.54, 1.807) is 7.05 Å². The first kappa shape index (κ1) is 21.7. The molecular formula is C20H25F3N6O. The monoisotopic (exact) mass is 422 g/mol. The zero-order valence-electron chi connectivity index (χ0n) is 16.7. The Balaban J connectivity index is 1.40. The van der Waals surface area contributed by atoms with Crippen molar-refractivity contribution >= 4 is 11.9 Å². The van der Waals surface area contributed by atoms with Crippen LogP contribution in [0.4, 0.5) is 19.1 Å². The second-order valence-electron chi connectivity index (χ2n) is 6.78. The molecule has 30 heavy (non-hydrogen) atoms. The van der Waals surface area contributed by atoms with Gasteiger partial charge in [-0.1, -0.05) is 18.2 Å². The number of rotatable bonds is 6. The molecule has 0 bridgehead atoms. The van der Waals surface area contributed by atoms with Crippen LogP contribution in [-0.4, -0.2) is 60.2 Å². The van der Waals surface area contributed by atoms with E-state index in [4.69, 9.17) is 4.74 Å². The molecule has 1 saturated heterocycles. The molecular weight excluding hydrogens is 397 g/mol. The number of anilines is 1. The quantitative estimate of drug-likeness (QED) is 0.424. The minimum absolute atomic E-state index is 0.0551. The van der Waals surface area contributed by atoms with E-state index in [0.29, 0.717) is 13.1 Å². The molecule has 162 valence electrons. The maximum Gasteiger partial charge on any atom is 0.433 e. The smallest absolute Gasteiger partial charge is 0.433 e. The van der Waals surface area contributed by atoms with Crippen LogP contribution < -0.4 is 15.4 Å². The summed E-state index contributed by atoms with van der Waals surface area (Å²) < 4.78 is 44.1. The number of alkyl halides is 3. The van der Waals surface area contributed by atoms with Crippen LogP contribution in [0.3, 0.4) is 0 Å². The highest BCUT2D eigenvalue weighted by Gasteiger charge is 2.32. The first-order chi connectivity index (χ1) is 14.5. The van der Waals surface area contributed by atoms with Crippen molar-refractivity contribution in [2.24, 2.45) is 4.99 Å². The number of guanidine groups is 1. The summed E-state index contributed by atoms with van der Waals surface area (Å²) in [4.78, 5) is 13.7. The normalized spacial score (nSPS) is 15.7. The Kier molecular flexibility index (Phi) is 7.31. The maximum absolute atomic E-state index is 12.7. The third kappa shape index (κ3) is 6.23. The number of nitrogens with zero attached hydrogens (tertiary/aromatic N) is 4. The predicted octanol–water partition coefficient (Wildman–Crippen LogP) is 3.03. The number of likely N-dealkylation sites (tertiary alicyclic amines) is 1. The van der Waals surface area contributed by atoms with E-state index in [2.05, 4.69) is 30.5 Å². The molecule has 0 amide bonds. The number of ether oxygens (including phenoxy) is 1. The van der Waals surface area contributed by atoms with Crippen LogP contribution >= 0.6 is 0 Å². The topological polar surface area (TPSA) is 74.7 Å². The number of nitrogens with one attached hydrogen (secondary N) is 2. The lowest BCUT2D eigenvalue weighted by Gasteiger charge is -2.34. The molecule has 10 heteroatoms. The zero-order chi connectivity index (χ0) is 21.4. The second-order valence-corrected chi connectivity index (χ2v) is 6.78. The van der Waals surface area contributed by atoms with Gasteiger partial charge in [-0.3, -0.25) is 4.99 Å². The second kappa shape index (κ2) is 10.1. The van der Waals surface area contributed by atoms with E-state index < -0.39 is 11.9 Å². The molecule has 0 saturated carbocycles. The van der Waals surface area contributed by atoms with Crippen LogP contribution in [0.2, 0.25) is 0 Å². The summed E-state index contributed by atoms with van der Waals surface area (Å²) >= 11 is 0. The van der Waals surface area contributed by atoms with Crippen molar-refractivity contribution in [1.82, 2.24) is 20.2 Å². The summed E-state index contributed by atoms with van der Waals surface area (Å²) in [5, 5.41) is 6.01. The van der Waals surface area contributed by atoms with Gasteiger partial charge >= 0.3 is 6.18 Å². The Morgan fingerprint density at radius 2 is 1.90 bits per heavy atom. The van der Waals surface area contributed by atoms with E-state index in [9.17, 15) is 13.2 Å². The van der Waals surface area contributed by atoms with Gasteiger partial charge in [0.25, 0.3) is 0 Å². The molecule has 0 unspecified atom stereocenters. The molecule has 0 atom stereocenters. The predicted molar refractivity (Wildman–Crippen MR) is 109 cm³/mol. The highest BCUT2D eigenvalue weighted by molar-refractivity contribution is 5.80. The Morgan fingerprint density at radius 3 is 2.57 bits per heavy atom. The molecule has 1 aliphatic heterocycles.